The van der Waals surface area contributed by atoms with Gasteiger partial charge in [0.15, 0.2) is 0 Å². The summed E-state index contributed by atoms with van der Waals surface area (Å²) in [6.45, 7) is 7.32. The molecule has 0 saturated heterocycles. The Morgan fingerprint density at radius 3 is 2.61 bits per heavy atom. The van der Waals surface area contributed by atoms with Crippen LogP contribution in [0.1, 0.15) is 40.5 Å². The fourth-order valence-corrected chi connectivity index (χ4v) is 3.03. The van der Waals surface area contributed by atoms with Crippen LogP contribution in [-0.2, 0) is 20.9 Å². The molecule has 2 N–H and O–H groups in total. The molecule has 0 aliphatic heterocycles. The standard InChI is InChI=1S/C20H24N4O4/c1-5-6-15(25)27-12-7-8-14-13(9-12)17-18(21)22-11-23-19(17)24(14)10-16(26)28-20(2,3)4/h7-9,11H,5-6,10H2,1-4H3,(H2,21,22,23). The van der Waals surface area contributed by atoms with Crippen LogP contribution in [0.2, 0.25) is 0 Å². The maximum Gasteiger partial charge on any atom is 0.326 e. The second-order valence-electron chi connectivity index (χ2n) is 7.53. The molecule has 0 radical (unpaired) electrons. The van der Waals surface area contributed by atoms with Crippen LogP contribution < -0.4 is 10.5 Å². The first kappa shape index (κ1) is 19.6. The summed E-state index contributed by atoms with van der Waals surface area (Å²) in [4.78, 5) is 32.6. The van der Waals surface area contributed by atoms with E-state index in [1.165, 1.54) is 6.33 Å². The third kappa shape index (κ3) is 4.05. The van der Waals surface area contributed by atoms with Gasteiger partial charge in [0.05, 0.1) is 10.9 Å². The molecule has 8 nitrogen and oxygen atoms in total. The molecule has 28 heavy (non-hydrogen) atoms. The normalized spacial score (nSPS) is 11.7. The van der Waals surface area contributed by atoms with E-state index < -0.39 is 5.60 Å². The van der Waals surface area contributed by atoms with Gasteiger partial charge in [-0.3, -0.25) is 9.59 Å². The topological polar surface area (TPSA) is 109 Å². The van der Waals surface area contributed by atoms with Crippen LogP contribution in [0.4, 0.5) is 5.82 Å². The van der Waals surface area contributed by atoms with Gasteiger partial charge < -0.3 is 19.8 Å². The summed E-state index contributed by atoms with van der Waals surface area (Å²) in [5, 5.41) is 1.31. The van der Waals surface area contributed by atoms with Gasteiger partial charge in [-0.15, -0.1) is 0 Å². The summed E-state index contributed by atoms with van der Waals surface area (Å²) in [6.07, 6.45) is 2.39. The zero-order valence-corrected chi connectivity index (χ0v) is 16.5. The third-order valence-corrected chi connectivity index (χ3v) is 4.03. The fourth-order valence-electron chi connectivity index (χ4n) is 3.03. The van der Waals surface area contributed by atoms with Crippen molar-refractivity contribution in [1.82, 2.24) is 14.5 Å². The smallest absolute Gasteiger partial charge is 0.326 e. The van der Waals surface area contributed by atoms with Gasteiger partial charge in [-0.1, -0.05) is 6.92 Å². The molecular formula is C20H24N4O4. The van der Waals surface area contributed by atoms with Crippen LogP contribution in [0.25, 0.3) is 21.9 Å². The number of fused-ring (bicyclic) bond motifs is 3. The van der Waals surface area contributed by atoms with Crippen molar-refractivity contribution in [3.8, 4) is 5.75 Å². The number of nitrogen functional groups attached to an aromatic ring is 1. The second-order valence-corrected chi connectivity index (χ2v) is 7.53. The van der Waals surface area contributed by atoms with Gasteiger partial charge in [0.1, 0.15) is 35.7 Å². The van der Waals surface area contributed by atoms with E-state index in [2.05, 4.69) is 9.97 Å². The number of aromatic nitrogens is 3. The molecule has 0 unspecified atom stereocenters. The van der Waals surface area contributed by atoms with Crippen molar-refractivity contribution in [2.75, 3.05) is 5.73 Å². The number of nitrogens with zero attached hydrogens (tertiary/aromatic N) is 3. The van der Waals surface area contributed by atoms with Gasteiger partial charge in [-0.25, -0.2) is 9.97 Å². The number of anilines is 1. The summed E-state index contributed by atoms with van der Waals surface area (Å²) in [5.41, 5.74) is 6.73. The molecule has 2 aromatic heterocycles. The number of carbonyl (C=O) groups excluding carboxylic acids is 2. The SMILES string of the molecule is CCCC(=O)Oc1ccc2c(c1)c1c(N)ncnc1n2CC(=O)OC(C)(C)C. The van der Waals surface area contributed by atoms with Crippen molar-refractivity contribution < 1.29 is 19.1 Å². The Kier molecular flexibility index (Phi) is 5.22. The first-order valence-corrected chi connectivity index (χ1v) is 9.14. The van der Waals surface area contributed by atoms with E-state index in [0.29, 0.717) is 35.0 Å². The van der Waals surface area contributed by atoms with Gasteiger partial charge in [0.25, 0.3) is 0 Å². The lowest BCUT2D eigenvalue weighted by atomic mass is 10.2. The zero-order chi connectivity index (χ0) is 20.5. The largest absolute Gasteiger partial charge is 0.459 e. The van der Waals surface area contributed by atoms with Gasteiger partial charge in [-0.2, -0.15) is 0 Å². The third-order valence-electron chi connectivity index (χ3n) is 4.03. The maximum absolute atomic E-state index is 12.4. The molecule has 0 aliphatic carbocycles. The highest BCUT2D eigenvalue weighted by molar-refractivity contribution is 6.12. The molecule has 0 atom stereocenters. The van der Waals surface area contributed by atoms with Gasteiger partial charge in [0, 0.05) is 11.8 Å². The highest BCUT2D eigenvalue weighted by atomic mass is 16.6. The number of nitrogens with two attached hydrogens (primary N) is 1. The molecule has 2 heterocycles. The van der Waals surface area contributed by atoms with Crippen molar-refractivity contribution in [2.24, 2.45) is 0 Å². The second kappa shape index (κ2) is 7.46. The molecule has 0 spiro atoms. The lowest BCUT2D eigenvalue weighted by molar-refractivity contribution is -0.155. The molecule has 1 aromatic carbocycles. The number of benzene rings is 1. The van der Waals surface area contributed by atoms with E-state index >= 15 is 0 Å². The average molecular weight is 384 g/mol. The zero-order valence-electron chi connectivity index (χ0n) is 16.5. The van der Waals surface area contributed by atoms with E-state index in [1.807, 2.05) is 27.7 Å². The van der Waals surface area contributed by atoms with E-state index in [9.17, 15) is 9.59 Å². The first-order chi connectivity index (χ1) is 13.2. The number of hydrogen-bond acceptors (Lipinski definition) is 7. The van der Waals surface area contributed by atoms with Crippen LogP contribution in [0.5, 0.6) is 5.75 Å². The fraction of sp³-hybridized carbons (Fsp3) is 0.400. The maximum atomic E-state index is 12.4. The van der Waals surface area contributed by atoms with Gasteiger partial charge in [-0.05, 0) is 45.4 Å². The Morgan fingerprint density at radius 2 is 1.93 bits per heavy atom. The lowest BCUT2D eigenvalue weighted by Crippen LogP contribution is -2.26. The number of carbonyl (C=O) groups is 2. The van der Waals surface area contributed by atoms with E-state index in [4.69, 9.17) is 15.2 Å². The molecular weight excluding hydrogens is 360 g/mol. The van der Waals surface area contributed by atoms with E-state index in [-0.39, 0.29) is 24.3 Å². The monoisotopic (exact) mass is 384 g/mol. The minimum atomic E-state index is -0.593. The minimum Gasteiger partial charge on any atom is -0.459 e. The van der Waals surface area contributed by atoms with E-state index in [1.54, 1.807) is 22.8 Å². The van der Waals surface area contributed by atoms with E-state index in [0.717, 1.165) is 5.52 Å². The number of hydrogen-bond donors (Lipinski definition) is 1. The van der Waals surface area contributed by atoms with Crippen LogP contribution in [0.15, 0.2) is 24.5 Å². The molecule has 0 bridgehead atoms. The first-order valence-electron chi connectivity index (χ1n) is 9.14. The summed E-state index contributed by atoms with van der Waals surface area (Å²) in [7, 11) is 0. The predicted octanol–water partition coefficient (Wildman–Crippen LogP) is 3.21. The van der Waals surface area contributed by atoms with Crippen molar-refractivity contribution in [1.29, 1.82) is 0 Å². The van der Waals surface area contributed by atoms with Crippen LogP contribution >= 0.6 is 0 Å². The minimum absolute atomic E-state index is 0.0251. The molecule has 8 heteroatoms. The van der Waals surface area contributed by atoms with Crippen LogP contribution in [0, 0.1) is 0 Å². The Bertz CT molecular complexity index is 1050. The van der Waals surface area contributed by atoms with Crippen molar-refractivity contribution in [3.63, 3.8) is 0 Å². The van der Waals surface area contributed by atoms with Crippen molar-refractivity contribution >= 4 is 39.7 Å². The Labute approximate surface area is 162 Å². The molecule has 0 saturated carbocycles. The summed E-state index contributed by atoms with van der Waals surface area (Å²) in [5.74, 6) is 0.00555. The number of rotatable bonds is 5. The van der Waals surface area contributed by atoms with Crippen molar-refractivity contribution in [3.05, 3.63) is 24.5 Å². The van der Waals surface area contributed by atoms with Gasteiger partial charge >= 0.3 is 11.9 Å². The summed E-state index contributed by atoms with van der Waals surface area (Å²) >= 11 is 0. The Balaban J connectivity index is 2.09. The highest BCUT2D eigenvalue weighted by Crippen LogP contribution is 2.33. The average Bonchev–Trinajstić information content (AvgIpc) is 2.88. The number of ether oxygens (including phenoxy) is 2. The van der Waals surface area contributed by atoms with Crippen molar-refractivity contribution in [2.45, 2.75) is 52.7 Å². The summed E-state index contributed by atoms with van der Waals surface area (Å²) < 4.78 is 12.6. The van der Waals surface area contributed by atoms with Gasteiger partial charge in [0.2, 0.25) is 0 Å². The predicted molar refractivity (Wildman–Crippen MR) is 106 cm³/mol. The molecule has 0 fully saturated rings. The van der Waals surface area contributed by atoms with Crippen LogP contribution in [0.3, 0.4) is 0 Å². The molecule has 3 aromatic rings. The van der Waals surface area contributed by atoms with Crippen LogP contribution in [-0.4, -0.2) is 32.1 Å². The summed E-state index contributed by atoms with van der Waals surface area (Å²) in [6, 6.07) is 5.18. The molecule has 0 aliphatic rings. The molecule has 148 valence electrons. The number of esters is 2. The molecule has 0 amide bonds. The lowest BCUT2D eigenvalue weighted by Gasteiger charge is -2.20. The quantitative estimate of drug-likeness (QED) is 0.531. The molecule has 3 rings (SSSR count). The Hall–Kier alpha value is -3.16. The highest BCUT2D eigenvalue weighted by Gasteiger charge is 2.21. The Morgan fingerprint density at radius 1 is 1.18 bits per heavy atom.